The van der Waals surface area contributed by atoms with Crippen LogP contribution in [-0.4, -0.2) is 33.0 Å². The van der Waals surface area contributed by atoms with Crippen LogP contribution in [0.15, 0.2) is 24.3 Å². The Bertz CT molecular complexity index is 651. The van der Waals surface area contributed by atoms with Crippen molar-refractivity contribution in [3.8, 4) is 17.1 Å². The highest BCUT2D eigenvalue weighted by Gasteiger charge is 2.28. The second-order valence-electron chi connectivity index (χ2n) is 4.77. The van der Waals surface area contributed by atoms with Crippen LogP contribution in [0.1, 0.15) is 24.7 Å². The smallest absolute Gasteiger partial charge is 0.328 e. The standard InChI is InChI=1S/C14H15N3O3/c1-20-10-5-2-4-9(8-10)13-15-12-7-3-6-11(14(18)19)17(12)16-13/h2,4-5,8,11H,3,6-7H2,1H3,(H,18,19). The van der Waals surface area contributed by atoms with Crippen molar-refractivity contribution in [1.82, 2.24) is 14.8 Å². The van der Waals surface area contributed by atoms with E-state index in [9.17, 15) is 9.90 Å². The molecule has 3 rings (SSSR count). The maximum atomic E-state index is 11.3. The van der Waals surface area contributed by atoms with E-state index in [4.69, 9.17) is 4.74 Å². The van der Waals surface area contributed by atoms with E-state index in [-0.39, 0.29) is 0 Å². The van der Waals surface area contributed by atoms with Gasteiger partial charge in [0.1, 0.15) is 11.6 Å². The van der Waals surface area contributed by atoms with Gasteiger partial charge >= 0.3 is 5.97 Å². The second-order valence-corrected chi connectivity index (χ2v) is 4.77. The Hall–Kier alpha value is -2.37. The molecule has 1 atom stereocenters. The van der Waals surface area contributed by atoms with E-state index >= 15 is 0 Å². The summed E-state index contributed by atoms with van der Waals surface area (Å²) < 4.78 is 6.72. The molecule has 1 aromatic heterocycles. The summed E-state index contributed by atoms with van der Waals surface area (Å²) in [6, 6.07) is 6.84. The lowest BCUT2D eigenvalue weighted by atomic mass is 10.1. The van der Waals surface area contributed by atoms with E-state index in [2.05, 4.69) is 10.1 Å². The Labute approximate surface area is 116 Å². The van der Waals surface area contributed by atoms with E-state index in [0.29, 0.717) is 12.2 Å². The van der Waals surface area contributed by atoms with Gasteiger partial charge in [-0.15, -0.1) is 5.10 Å². The largest absolute Gasteiger partial charge is 0.497 e. The van der Waals surface area contributed by atoms with Gasteiger partial charge in [-0.2, -0.15) is 0 Å². The minimum atomic E-state index is -0.854. The molecular formula is C14H15N3O3. The van der Waals surface area contributed by atoms with Crippen molar-refractivity contribution in [3.63, 3.8) is 0 Å². The zero-order valence-corrected chi connectivity index (χ0v) is 11.1. The number of fused-ring (bicyclic) bond motifs is 1. The molecule has 1 aliphatic heterocycles. The summed E-state index contributed by atoms with van der Waals surface area (Å²) in [6.07, 6.45) is 2.19. The van der Waals surface area contributed by atoms with Crippen LogP contribution in [0.4, 0.5) is 0 Å². The third-order valence-corrected chi connectivity index (χ3v) is 3.49. The van der Waals surface area contributed by atoms with Crippen LogP contribution in [0, 0.1) is 0 Å². The number of carboxylic acids is 1. The minimum absolute atomic E-state index is 0.548. The highest BCUT2D eigenvalue weighted by Crippen LogP contribution is 2.27. The average molecular weight is 273 g/mol. The zero-order valence-electron chi connectivity index (χ0n) is 11.1. The summed E-state index contributed by atoms with van der Waals surface area (Å²) in [7, 11) is 1.60. The molecule has 1 N–H and O–H groups in total. The summed E-state index contributed by atoms with van der Waals surface area (Å²) in [5.74, 6) is 1.16. The van der Waals surface area contributed by atoms with Gasteiger partial charge in [0.25, 0.3) is 0 Å². The van der Waals surface area contributed by atoms with Gasteiger partial charge in [-0.1, -0.05) is 12.1 Å². The Kier molecular flexibility index (Phi) is 3.14. The lowest BCUT2D eigenvalue weighted by Gasteiger charge is -2.19. The first-order chi connectivity index (χ1) is 9.69. The molecule has 0 amide bonds. The van der Waals surface area contributed by atoms with Crippen LogP contribution in [0.2, 0.25) is 0 Å². The predicted octanol–water partition coefficient (Wildman–Crippen LogP) is 1.92. The molecule has 0 radical (unpaired) electrons. The van der Waals surface area contributed by atoms with Crippen LogP contribution in [0.3, 0.4) is 0 Å². The van der Waals surface area contributed by atoms with Crippen LogP contribution >= 0.6 is 0 Å². The first kappa shape index (κ1) is 12.7. The number of hydrogen-bond acceptors (Lipinski definition) is 4. The van der Waals surface area contributed by atoms with Gasteiger partial charge in [-0.3, -0.25) is 0 Å². The zero-order chi connectivity index (χ0) is 14.1. The third kappa shape index (κ3) is 2.13. The molecule has 104 valence electrons. The van der Waals surface area contributed by atoms with Crippen molar-refractivity contribution in [2.24, 2.45) is 0 Å². The van der Waals surface area contributed by atoms with Gasteiger partial charge in [-0.05, 0) is 25.0 Å². The van der Waals surface area contributed by atoms with E-state index in [1.165, 1.54) is 0 Å². The van der Waals surface area contributed by atoms with E-state index in [1.807, 2.05) is 24.3 Å². The highest BCUT2D eigenvalue weighted by molar-refractivity contribution is 5.72. The Morgan fingerprint density at radius 2 is 2.35 bits per heavy atom. The van der Waals surface area contributed by atoms with Gasteiger partial charge < -0.3 is 9.84 Å². The summed E-state index contributed by atoms with van der Waals surface area (Å²) in [5, 5.41) is 13.6. The number of rotatable bonds is 3. The maximum absolute atomic E-state index is 11.3. The number of nitrogens with zero attached hydrogens (tertiary/aromatic N) is 3. The van der Waals surface area contributed by atoms with Gasteiger partial charge in [0, 0.05) is 12.0 Å². The van der Waals surface area contributed by atoms with Crippen molar-refractivity contribution in [1.29, 1.82) is 0 Å². The number of methoxy groups -OCH3 is 1. The van der Waals surface area contributed by atoms with Crippen LogP contribution in [0.5, 0.6) is 5.75 Å². The Balaban J connectivity index is 2.02. The van der Waals surface area contributed by atoms with Crippen LogP contribution in [-0.2, 0) is 11.2 Å². The fraction of sp³-hybridized carbons (Fsp3) is 0.357. The molecule has 1 unspecified atom stereocenters. The SMILES string of the molecule is COc1cccc(-c2nc3n(n2)C(C(=O)O)CCC3)c1. The molecule has 2 aromatic rings. The fourth-order valence-corrected chi connectivity index (χ4v) is 2.46. The number of aryl methyl sites for hydroxylation is 1. The first-order valence-electron chi connectivity index (χ1n) is 6.51. The quantitative estimate of drug-likeness (QED) is 0.924. The normalized spacial score (nSPS) is 17.6. The molecule has 0 spiro atoms. The lowest BCUT2D eigenvalue weighted by Crippen LogP contribution is -2.25. The molecule has 20 heavy (non-hydrogen) atoms. The molecule has 1 aromatic carbocycles. The van der Waals surface area contributed by atoms with Crippen molar-refractivity contribution in [3.05, 3.63) is 30.1 Å². The summed E-state index contributed by atoms with van der Waals surface area (Å²) in [5.41, 5.74) is 0.829. The molecule has 6 nitrogen and oxygen atoms in total. The number of benzene rings is 1. The summed E-state index contributed by atoms with van der Waals surface area (Å²) in [6.45, 7) is 0. The molecule has 0 aliphatic carbocycles. The van der Waals surface area contributed by atoms with Gasteiger partial charge in [0.05, 0.1) is 7.11 Å². The summed E-state index contributed by atoms with van der Waals surface area (Å²) in [4.78, 5) is 15.7. The van der Waals surface area contributed by atoms with Crippen molar-refractivity contribution < 1.29 is 14.6 Å². The number of carbonyl (C=O) groups is 1. The lowest BCUT2D eigenvalue weighted by molar-refractivity contribution is -0.141. The van der Waals surface area contributed by atoms with Crippen molar-refractivity contribution in [2.75, 3.05) is 7.11 Å². The highest BCUT2D eigenvalue weighted by atomic mass is 16.5. The molecule has 6 heteroatoms. The van der Waals surface area contributed by atoms with Gasteiger partial charge in [0.2, 0.25) is 0 Å². The summed E-state index contributed by atoms with van der Waals surface area (Å²) >= 11 is 0. The van der Waals surface area contributed by atoms with Gasteiger partial charge in [-0.25, -0.2) is 14.5 Å². The second kappa shape index (κ2) is 4.96. The first-order valence-corrected chi connectivity index (χ1v) is 6.51. The molecule has 0 fully saturated rings. The number of carboxylic acid groups (broad SMARTS) is 1. The molecule has 0 saturated carbocycles. The van der Waals surface area contributed by atoms with Gasteiger partial charge in [0.15, 0.2) is 11.9 Å². The van der Waals surface area contributed by atoms with E-state index in [1.54, 1.807) is 11.8 Å². The van der Waals surface area contributed by atoms with Crippen molar-refractivity contribution in [2.45, 2.75) is 25.3 Å². The van der Waals surface area contributed by atoms with E-state index in [0.717, 1.165) is 30.0 Å². The number of aliphatic carboxylic acids is 1. The molecular weight excluding hydrogens is 258 g/mol. The van der Waals surface area contributed by atoms with Crippen LogP contribution < -0.4 is 4.74 Å². The van der Waals surface area contributed by atoms with Crippen molar-refractivity contribution >= 4 is 5.97 Å². The topological polar surface area (TPSA) is 77.2 Å². The molecule has 0 saturated heterocycles. The molecule has 0 bridgehead atoms. The number of hydrogen-bond donors (Lipinski definition) is 1. The minimum Gasteiger partial charge on any atom is -0.497 e. The van der Waals surface area contributed by atoms with Crippen LogP contribution in [0.25, 0.3) is 11.4 Å². The molecule has 2 heterocycles. The predicted molar refractivity (Wildman–Crippen MR) is 71.6 cm³/mol. The maximum Gasteiger partial charge on any atom is 0.328 e. The average Bonchev–Trinajstić information content (AvgIpc) is 2.91. The number of aromatic nitrogens is 3. The third-order valence-electron chi connectivity index (χ3n) is 3.49. The molecule has 1 aliphatic rings. The Morgan fingerprint density at radius 3 is 3.10 bits per heavy atom. The van der Waals surface area contributed by atoms with E-state index < -0.39 is 12.0 Å². The number of ether oxygens (including phenoxy) is 1. The monoisotopic (exact) mass is 273 g/mol. The Morgan fingerprint density at radius 1 is 1.50 bits per heavy atom. The fourth-order valence-electron chi connectivity index (χ4n) is 2.46.